The van der Waals surface area contributed by atoms with Crippen molar-refractivity contribution < 1.29 is 9.18 Å². The predicted molar refractivity (Wildman–Crippen MR) is 65.0 cm³/mol. The molecule has 2 rings (SSSR count). The van der Waals surface area contributed by atoms with Gasteiger partial charge in [0.2, 0.25) is 5.91 Å². The van der Waals surface area contributed by atoms with Crippen LogP contribution in [0.1, 0.15) is 16.1 Å². The first-order valence-electron chi connectivity index (χ1n) is 5.22. The zero-order valence-electron chi connectivity index (χ0n) is 9.64. The third-order valence-corrected chi connectivity index (χ3v) is 2.40. The number of aryl methyl sites for hydroxylation is 1. The normalized spacial score (nSPS) is 10.1. The highest BCUT2D eigenvalue weighted by Gasteiger charge is 2.08. The van der Waals surface area contributed by atoms with Gasteiger partial charge in [-0.15, -0.1) is 0 Å². The number of benzene rings is 1. The Kier molecular flexibility index (Phi) is 3.18. The van der Waals surface area contributed by atoms with E-state index in [-0.39, 0.29) is 11.5 Å². The van der Waals surface area contributed by atoms with Crippen LogP contribution in [0.3, 0.4) is 0 Å². The lowest BCUT2D eigenvalue weighted by atomic mass is 10.2. The predicted octanol–water partition coefficient (Wildman–Crippen LogP) is 1.77. The number of nitrogens with one attached hydrogen (secondary N) is 1. The van der Waals surface area contributed by atoms with Crippen molar-refractivity contribution in [2.75, 3.05) is 5.32 Å². The van der Waals surface area contributed by atoms with Gasteiger partial charge in [-0.2, -0.15) is 0 Å². The number of nitrogens with zero attached hydrogens (tertiary/aromatic N) is 2. The molecule has 0 aliphatic heterocycles. The number of aromatic nitrogens is 2. The Bertz CT molecular complexity index is 583. The Balaban J connectivity index is 2.24. The molecule has 1 amide bonds. The van der Waals surface area contributed by atoms with Crippen LogP contribution in [0.15, 0.2) is 30.6 Å². The molecule has 1 aromatic carbocycles. The number of primary amides is 1. The summed E-state index contributed by atoms with van der Waals surface area (Å²) in [5.74, 6) is -0.920. The van der Waals surface area contributed by atoms with Gasteiger partial charge in [0.05, 0.1) is 5.69 Å². The van der Waals surface area contributed by atoms with Gasteiger partial charge in [-0.05, 0) is 31.2 Å². The molecule has 5 nitrogen and oxygen atoms in total. The molecule has 0 unspecified atom stereocenters. The molecular formula is C12H11FN4O. The molecule has 2 aromatic rings. The summed E-state index contributed by atoms with van der Waals surface area (Å²) in [7, 11) is 0. The highest BCUT2D eigenvalue weighted by molar-refractivity contribution is 5.93. The van der Waals surface area contributed by atoms with Gasteiger partial charge in [-0.3, -0.25) is 4.79 Å². The molecule has 1 heterocycles. The number of nitrogens with two attached hydrogens (primary N) is 1. The molecule has 0 fully saturated rings. The molecule has 0 aliphatic carbocycles. The number of rotatable bonds is 3. The zero-order valence-corrected chi connectivity index (χ0v) is 9.64. The zero-order chi connectivity index (χ0) is 13.1. The summed E-state index contributed by atoms with van der Waals surface area (Å²) in [6.07, 6.45) is 1.28. The maximum absolute atomic E-state index is 13.6. The standard InChI is InChI=1S/C12H11FN4O/c1-7-10(13)12(16-6-15-7)17-9-4-2-8(3-5-9)11(14)18/h2-6H,1H3,(H2,14,18)(H,15,16,17). The van der Waals surface area contributed by atoms with Crippen molar-refractivity contribution in [1.82, 2.24) is 9.97 Å². The fourth-order valence-electron chi connectivity index (χ4n) is 1.40. The largest absolute Gasteiger partial charge is 0.366 e. The smallest absolute Gasteiger partial charge is 0.248 e. The van der Waals surface area contributed by atoms with E-state index < -0.39 is 11.7 Å². The summed E-state index contributed by atoms with van der Waals surface area (Å²) in [5.41, 5.74) is 6.38. The van der Waals surface area contributed by atoms with E-state index in [0.717, 1.165) is 0 Å². The van der Waals surface area contributed by atoms with Crippen LogP contribution in [-0.4, -0.2) is 15.9 Å². The Morgan fingerprint density at radius 3 is 2.56 bits per heavy atom. The molecule has 0 spiro atoms. The fourth-order valence-corrected chi connectivity index (χ4v) is 1.40. The van der Waals surface area contributed by atoms with Crippen molar-refractivity contribution in [3.63, 3.8) is 0 Å². The van der Waals surface area contributed by atoms with Crippen LogP contribution in [0.4, 0.5) is 15.9 Å². The first kappa shape index (κ1) is 12.0. The van der Waals surface area contributed by atoms with Crippen molar-refractivity contribution in [2.24, 2.45) is 5.73 Å². The Labute approximate surface area is 103 Å². The van der Waals surface area contributed by atoms with Gasteiger partial charge in [-0.1, -0.05) is 0 Å². The number of amides is 1. The summed E-state index contributed by atoms with van der Waals surface area (Å²) in [4.78, 5) is 18.4. The van der Waals surface area contributed by atoms with Crippen LogP contribution in [-0.2, 0) is 0 Å². The molecular weight excluding hydrogens is 235 g/mol. The Hall–Kier alpha value is -2.50. The minimum atomic E-state index is -0.509. The van der Waals surface area contributed by atoms with Crippen LogP contribution in [0.2, 0.25) is 0 Å². The van der Waals surface area contributed by atoms with E-state index in [0.29, 0.717) is 11.3 Å². The number of carbonyl (C=O) groups is 1. The van der Waals surface area contributed by atoms with E-state index in [9.17, 15) is 9.18 Å². The fraction of sp³-hybridized carbons (Fsp3) is 0.0833. The summed E-state index contributed by atoms with van der Waals surface area (Å²) in [5, 5.41) is 2.80. The lowest BCUT2D eigenvalue weighted by Gasteiger charge is -2.07. The average Bonchev–Trinajstić information content (AvgIpc) is 2.36. The summed E-state index contributed by atoms with van der Waals surface area (Å²) in [6.45, 7) is 1.55. The number of carbonyl (C=O) groups excluding carboxylic acids is 1. The van der Waals surface area contributed by atoms with E-state index >= 15 is 0 Å². The van der Waals surface area contributed by atoms with Crippen molar-refractivity contribution >= 4 is 17.4 Å². The minimum absolute atomic E-state index is 0.0920. The van der Waals surface area contributed by atoms with Crippen LogP contribution in [0.25, 0.3) is 0 Å². The molecule has 1 aromatic heterocycles. The second kappa shape index (κ2) is 4.79. The summed E-state index contributed by atoms with van der Waals surface area (Å²) < 4.78 is 13.6. The summed E-state index contributed by atoms with van der Waals surface area (Å²) in [6, 6.07) is 6.35. The van der Waals surface area contributed by atoms with Gasteiger partial charge in [0.1, 0.15) is 6.33 Å². The quantitative estimate of drug-likeness (QED) is 0.864. The topological polar surface area (TPSA) is 80.9 Å². The second-order valence-corrected chi connectivity index (χ2v) is 3.69. The van der Waals surface area contributed by atoms with Gasteiger partial charge in [-0.25, -0.2) is 14.4 Å². The van der Waals surface area contributed by atoms with Crippen molar-refractivity contribution in [1.29, 1.82) is 0 Å². The first-order valence-corrected chi connectivity index (χ1v) is 5.22. The van der Waals surface area contributed by atoms with E-state index in [4.69, 9.17) is 5.73 Å². The van der Waals surface area contributed by atoms with Gasteiger partial charge in [0.25, 0.3) is 0 Å². The molecule has 0 bridgehead atoms. The molecule has 0 atom stereocenters. The maximum atomic E-state index is 13.6. The van der Waals surface area contributed by atoms with Gasteiger partial charge >= 0.3 is 0 Å². The Morgan fingerprint density at radius 1 is 1.28 bits per heavy atom. The van der Waals surface area contributed by atoms with Crippen LogP contribution in [0, 0.1) is 12.7 Å². The van der Waals surface area contributed by atoms with Crippen molar-refractivity contribution in [3.05, 3.63) is 47.7 Å². The monoisotopic (exact) mass is 246 g/mol. The summed E-state index contributed by atoms with van der Waals surface area (Å²) >= 11 is 0. The van der Waals surface area contributed by atoms with Crippen LogP contribution in [0.5, 0.6) is 0 Å². The van der Waals surface area contributed by atoms with E-state index in [1.807, 2.05) is 0 Å². The molecule has 6 heteroatoms. The van der Waals surface area contributed by atoms with E-state index in [2.05, 4.69) is 15.3 Å². The molecule has 0 saturated heterocycles. The number of hydrogen-bond acceptors (Lipinski definition) is 4. The van der Waals surface area contributed by atoms with Gasteiger partial charge < -0.3 is 11.1 Å². The number of anilines is 2. The van der Waals surface area contributed by atoms with Gasteiger partial charge in [0, 0.05) is 11.3 Å². The highest BCUT2D eigenvalue weighted by atomic mass is 19.1. The van der Waals surface area contributed by atoms with E-state index in [1.54, 1.807) is 31.2 Å². The third-order valence-electron chi connectivity index (χ3n) is 2.40. The Morgan fingerprint density at radius 2 is 1.94 bits per heavy atom. The molecule has 0 radical (unpaired) electrons. The first-order chi connectivity index (χ1) is 8.58. The molecule has 18 heavy (non-hydrogen) atoms. The second-order valence-electron chi connectivity index (χ2n) is 3.69. The van der Waals surface area contributed by atoms with Crippen LogP contribution < -0.4 is 11.1 Å². The van der Waals surface area contributed by atoms with Crippen LogP contribution >= 0.6 is 0 Å². The maximum Gasteiger partial charge on any atom is 0.248 e. The molecule has 0 aliphatic rings. The number of hydrogen-bond donors (Lipinski definition) is 2. The van der Waals surface area contributed by atoms with Crippen molar-refractivity contribution in [3.8, 4) is 0 Å². The molecule has 92 valence electrons. The van der Waals surface area contributed by atoms with Gasteiger partial charge in [0.15, 0.2) is 11.6 Å². The minimum Gasteiger partial charge on any atom is -0.366 e. The molecule has 0 saturated carbocycles. The highest BCUT2D eigenvalue weighted by Crippen LogP contribution is 2.18. The number of halogens is 1. The van der Waals surface area contributed by atoms with E-state index in [1.165, 1.54) is 6.33 Å². The lowest BCUT2D eigenvalue weighted by Crippen LogP contribution is -2.10. The molecule has 3 N–H and O–H groups in total. The SMILES string of the molecule is Cc1ncnc(Nc2ccc(C(N)=O)cc2)c1F. The van der Waals surface area contributed by atoms with Crippen molar-refractivity contribution in [2.45, 2.75) is 6.92 Å². The lowest BCUT2D eigenvalue weighted by molar-refractivity contribution is 0.100. The average molecular weight is 246 g/mol. The third kappa shape index (κ3) is 2.42.